The SMILES string of the molecule is COc1ccccc1N1CC[C@H](N2C(=O)[C@@H]3C[C@@H](OC)CN3C2=O)C1. The summed E-state index contributed by atoms with van der Waals surface area (Å²) in [6.45, 7) is 1.95. The van der Waals surface area contributed by atoms with Crippen molar-refractivity contribution >= 4 is 17.6 Å². The molecule has 0 saturated carbocycles. The minimum absolute atomic E-state index is 0.0336. The van der Waals surface area contributed by atoms with E-state index in [-0.39, 0.29) is 30.1 Å². The zero-order chi connectivity index (χ0) is 17.6. The third-order valence-electron chi connectivity index (χ3n) is 5.52. The quantitative estimate of drug-likeness (QED) is 0.771. The van der Waals surface area contributed by atoms with Crippen LogP contribution in [0.15, 0.2) is 24.3 Å². The van der Waals surface area contributed by atoms with E-state index in [1.807, 2.05) is 24.3 Å². The maximum atomic E-state index is 12.8. The molecule has 3 aliphatic heterocycles. The highest BCUT2D eigenvalue weighted by atomic mass is 16.5. The van der Waals surface area contributed by atoms with Crippen LogP contribution in [0.2, 0.25) is 0 Å². The molecule has 3 saturated heterocycles. The number of ether oxygens (including phenoxy) is 2. The fraction of sp³-hybridized carbons (Fsp3) is 0.556. The van der Waals surface area contributed by atoms with Crippen molar-refractivity contribution in [2.75, 3.05) is 38.8 Å². The predicted molar refractivity (Wildman–Crippen MR) is 91.8 cm³/mol. The highest BCUT2D eigenvalue weighted by Gasteiger charge is 2.53. The normalized spacial score (nSPS) is 28.9. The zero-order valence-corrected chi connectivity index (χ0v) is 14.6. The molecular weight excluding hydrogens is 322 g/mol. The van der Waals surface area contributed by atoms with Crippen molar-refractivity contribution in [2.45, 2.75) is 31.0 Å². The number of rotatable bonds is 4. The standard InChI is InChI=1S/C18H23N3O4/c1-24-13-9-15-17(22)21(18(23)20(15)11-13)12-7-8-19(10-12)14-5-3-4-6-16(14)25-2/h3-6,12-13,15H,7-11H2,1-2H3/t12-,13+,15-/m0/s1. The summed E-state index contributed by atoms with van der Waals surface area (Å²) in [6.07, 6.45) is 1.35. The number of hydrogen-bond acceptors (Lipinski definition) is 5. The first-order valence-corrected chi connectivity index (χ1v) is 8.68. The monoisotopic (exact) mass is 345 g/mol. The summed E-state index contributed by atoms with van der Waals surface area (Å²) in [5.74, 6) is 0.738. The summed E-state index contributed by atoms with van der Waals surface area (Å²) in [4.78, 5) is 30.9. The molecule has 1 aromatic rings. The van der Waals surface area contributed by atoms with Crippen LogP contribution in [0.25, 0.3) is 0 Å². The molecule has 4 rings (SSSR count). The van der Waals surface area contributed by atoms with Crippen molar-refractivity contribution in [3.8, 4) is 5.75 Å². The summed E-state index contributed by atoms with van der Waals surface area (Å²) in [5, 5.41) is 0. The van der Waals surface area contributed by atoms with Crippen LogP contribution in [0.4, 0.5) is 10.5 Å². The van der Waals surface area contributed by atoms with Crippen molar-refractivity contribution < 1.29 is 19.1 Å². The lowest BCUT2D eigenvalue weighted by atomic mass is 10.1. The summed E-state index contributed by atoms with van der Waals surface area (Å²) in [7, 11) is 3.28. The van der Waals surface area contributed by atoms with E-state index in [0.29, 0.717) is 19.5 Å². The molecule has 0 unspecified atom stereocenters. The first-order valence-electron chi connectivity index (χ1n) is 8.68. The molecule has 3 aliphatic rings. The van der Waals surface area contributed by atoms with Gasteiger partial charge < -0.3 is 19.3 Å². The minimum Gasteiger partial charge on any atom is -0.495 e. The van der Waals surface area contributed by atoms with Gasteiger partial charge in [-0.15, -0.1) is 0 Å². The summed E-state index contributed by atoms with van der Waals surface area (Å²) in [6, 6.07) is 7.24. The van der Waals surface area contributed by atoms with E-state index in [2.05, 4.69) is 4.90 Å². The molecule has 0 aliphatic carbocycles. The van der Waals surface area contributed by atoms with E-state index < -0.39 is 0 Å². The van der Waals surface area contributed by atoms with Crippen molar-refractivity contribution in [3.63, 3.8) is 0 Å². The first-order chi connectivity index (χ1) is 12.1. The van der Waals surface area contributed by atoms with Gasteiger partial charge in [0.25, 0.3) is 5.91 Å². The third kappa shape index (κ3) is 2.54. The van der Waals surface area contributed by atoms with Crippen LogP contribution < -0.4 is 9.64 Å². The Labute approximate surface area is 147 Å². The predicted octanol–water partition coefficient (Wildman–Crippen LogP) is 1.33. The van der Waals surface area contributed by atoms with Gasteiger partial charge in [-0.05, 0) is 18.6 Å². The Bertz CT molecular complexity index is 671. The van der Waals surface area contributed by atoms with Crippen LogP contribution in [-0.4, -0.2) is 73.8 Å². The number of methoxy groups -OCH3 is 2. The Morgan fingerprint density at radius 3 is 2.64 bits per heavy atom. The number of urea groups is 1. The van der Waals surface area contributed by atoms with Gasteiger partial charge in [-0.3, -0.25) is 9.69 Å². The van der Waals surface area contributed by atoms with Crippen molar-refractivity contribution in [2.24, 2.45) is 0 Å². The molecule has 3 heterocycles. The Balaban J connectivity index is 1.49. The number of imide groups is 1. The van der Waals surface area contributed by atoms with Crippen molar-refractivity contribution in [1.29, 1.82) is 0 Å². The minimum atomic E-state index is -0.349. The fourth-order valence-corrected chi connectivity index (χ4v) is 4.21. The third-order valence-corrected chi connectivity index (χ3v) is 5.52. The van der Waals surface area contributed by atoms with Crippen LogP contribution in [-0.2, 0) is 9.53 Å². The maximum absolute atomic E-state index is 12.8. The second-order valence-corrected chi connectivity index (χ2v) is 6.81. The number of carbonyl (C=O) groups is 2. The number of benzene rings is 1. The van der Waals surface area contributed by atoms with Crippen molar-refractivity contribution in [1.82, 2.24) is 9.80 Å². The molecule has 0 bridgehead atoms. The lowest BCUT2D eigenvalue weighted by Crippen LogP contribution is -2.44. The van der Waals surface area contributed by atoms with E-state index in [9.17, 15) is 9.59 Å². The smallest absolute Gasteiger partial charge is 0.327 e. The number of carbonyl (C=O) groups excluding carboxylic acids is 2. The van der Waals surface area contributed by atoms with Gasteiger partial charge in [0.15, 0.2) is 0 Å². The highest BCUT2D eigenvalue weighted by Crippen LogP contribution is 2.35. The summed E-state index contributed by atoms with van der Waals surface area (Å²) < 4.78 is 10.8. The Kier molecular flexibility index (Phi) is 4.03. The van der Waals surface area contributed by atoms with E-state index in [0.717, 1.165) is 24.4 Å². The van der Waals surface area contributed by atoms with E-state index >= 15 is 0 Å². The van der Waals surface area contributed by atoms with E-state index in [1.54, 1.807) is 19.1 Å². The van der Waals surface area contributed by atoms with Gasteiger partial charge in [0.2, 0.25) is 0 Å². The molecule has 134 valence electrons. The van der Waals surface area contributed by atoms with Gasteiger partial charge in [0.1, 0.15) is 11.8 Å². The van der Waals surface area contributed by atoms with Crippen LogP contribution >= 0.6 is 0 Å². The lowest BCUT2D eigenvalue weighted by molar-refractivity contribution is -0.129. The molecule has 7 heteroatoms. The molecule has 0 N–H and O–H groups in total. The molecule has 0 aromatic heterocycles. The molecular formula is C18H23N3O4. The lowest BCUT2D eigenvalue weighted by Gasteiger charge is -2.25. The molecule has 1 aromatic carbocycles. The molecule has 25 heavy (non-hydrogen) atoms. The average Bonchev–Trinajstić information content (AvgIpc) is 3.32. The van der Waals surface area contributed by atoms with Gasteiger partial charge >= 0.3 is 6.03 Å². The number of nitrogens with zero attached hydrogens (tertiary/aromatic N) is 3. The molecule has 3 amide bonds. The number of anilines is 1. The Hall–Kier alpha value is -2.28. The second-order valence-electron chi connectivity index (χ2n) is 6.81. The second kappa shape index (κ2) is 6.22. The van der Waals surface area contributed by atoms with Crippen LogP contribution in [0, 0.1) is 0 Å². The highest BCUT2D eigenvalue weighted by molar-refractivity contribution is 6.05. The molecule has 3 fully saturated rings. The summed E-state index contributed by atoms with van der Waals surface area (Å²) >= 11 is 0. The maximum Gasteiger partial charge on any atom is 0.327 e. The van der Waals surface area contributed by atoms with Gasteiger partial charge in [-0.1, -0.05) is 12.1 Å². The average molecular weight is 345 g/mol. The number of hydrogen-bond donors (Lipinski definition) is 0. The fourth-order valence-electron chi connectivity index (χ4n) is 4.21. The van der Waals surface area contributed by atoms with Gasteiger partial charge in [0.05, 0.1) is 24.9 Å². The van der Waals surface area contributed by atoms with Crippen molar-refractivity contribution in [3.05, 3.63) is 24.3 Å². The number of amides is 3. The summed E-state index contributed by atoms with van der Waals surface area (Å²) in [5.41, 5.74) is 1.01. The molecule has 7 nitrogen and oxygen atoms in total. The Morgan fingerprint density at radius 2 is 1.92 bits per heavy atom. The van der Waals surface area contributed by atoms with Gasteiger partial charge in [0, 0.05) is 33.2 Å². The van der Waals surface area contributed by atoms with Gasteiger partial charge in [-0.25, -0.2) is 4.79 Å². The van der Waals surface area contributed by atoms with Crippen LogP contribution in [0.3, 0.4) is 0 Å². The van der Waals surface area contributed by atoms with E-state index in [1.165, 1.54) is 4.90 Å². The zero-order valence-electron chi connectivity index (χ0n) is 14.6. The van der Waals surface area contributed by atoms with E-state index in [4.69, 9.17) is 9.47 Å². The molecule has 0 radical (unpaired) electrons. The number of fused-ring (bicyclic) bond motifs is 1. The molecule has 0 spiro atoms. The van der Waals surface area contributed by atoms with Crippen LogP contribution in [0.5, 0.6) is 5.75 Å². The number of para-hydroxylation sites is 2. The Morgan fingerprint density at radius 1 is 1.12 bits per heavy atom. The van der Waals surface area contributed by atoms with Gasteiger partial charge in [-0.2, -0.15) is 0 Å². The molecule has 3 atom stereocenters. The topological polar surface area (TPSA) is 62.3 Å². The van der Waals surface area contributed by atoms with Crippen LogP contribution in [0.1, 0.15) is 12.8 Å². The largest absolute Gasteiger partial charge is 0.495 e. The first kappa shape index (κ1) is 16.2.